The van der Waals surface area contributed by atoms with Crippen LogP contribution in [0.2, 0.25) is 0 Å². The first-order valence-corrected chi connectivity index (χ1v) is 15.6. The molecule has 0 saturated carbocycles. The number of hydrogen-bond acceptors (Lipinski definition) is 0. The summed E-state index contributed by atoms with van der Waals surface area (Å²) in [6.07, 6.45) is 1.17. The number of rotatable bonds is 2. The molecular weight excluding hydrogens is 578 g/mol. The molecule has 0 heterocycles. The monoisotopic (exact) mass is 601 g/mol. The Kier molecular flexibility index (Phi) is 12.8. The van der Waals surface area contributed by atoms with Crippen LogP contribution in [0, 0.1) is 0 Å². The normalized spacial score (nSPS) is 9.17. The Morgan fingerprint density at radius 1 is 0.586 bits per heavy atom. The van der Waals surface area contributed by atoms with E-state index in [4.69, 9.17) is 0 Å². The third-order valence-corrected chi connectivity index (χ3v) is 6.72. The van der Waals surface area contributed by atoms with Crippen LogP contribution in [0.25, 0.3) is 21.5 Å². The van der Waals surface area contributed by atoms with Crippen LogP contribution < -0.4 is 0 Å². The number of fused-ring (bicyclic) bond motifs is 2. The largest absolute Gasteiger partial charge is 0.168 e. The van der Waals surface area contributed by atoms with Crippen molar-refractivity contribution in [3.8, 4) is 0 Å². The minimum absolute atomic E-state index is 0. The Bertz CT molecular complexity index is 957. The molecule has 0 nitrogen and oxygen atoms in total. The van der Waals surface area contributed by atoms with Gasteiger partial charge in [-0.3, -0.25) is 0 Å². The maximum absolute atomic E-state index is 2.20. The Balaban J connectivity index is 0.000000210. The minimum Gasteiger partial charge on any atom is -0.168 e. The fraction of sp³-hybridized carbons (Fsp3) is 0.0400. The molecule has 0 aromatic heterocycles. The van der Waals surface area contributed by atoms with Crippen molar-refractivity contribution in [2.75, 3.05) is 0 Å². The van der Waals surface area contributed by atoms with Gasteiger partial charge in [0.2, 0.25) is 0 Å². The summed E-state index contributed by atoms with van der Waals surface area (Å²) in [7, 11) is 0. The van der Waals surface area contributed by atoms with E-state index in [1.54, 1.807) is 0 Å². The van der Waals surface area contributed by atoms with Gasteiger partial charge in [0.15, 0.2) is 0 Å². The first-order chi connectivity index (χ1) is 13.4. The first kappa shape index (κ1) is 25.6. The van der Waals surface area contributed by atoms with Crippen LogP contribution >= 0.6 is 24.8 Å². The Labute approximate surface area is 201 Å². The average molecular weight is 601 g/mol. The van der Waals surface area contributed by atoms with Gasteiger partial charge in [0.1, 0.15) is 0 Å². The fourth-order valence-corrected chi connectivity index (χ4v) is 5.48. The van der Waals surface area contributed by atoms with Gasteiger partial charge in [0, 0.05) is 0 Å². The van der Waals surface area contributed by atoms with Gasteiger partial charge in [-0.05, 0) is 0 Å². The van der Waals surface area contributed by atoms with Gasteiger partial charge < -0.3 is 0 Å². The first-order valence-electron chi connectivity index (χ1n) is 9.01. The van der Waals surface area contributed by atoms with E-state index >= 15 is 0 Å². The molecule has 145 valence electrons. The quantitative estimate of drug-likeness (QED) is 0.147. The minimum atomic E-state index is 0. The van der Waals surface area contributed by atoms with Crippen LogP contribution in [0.15, 0.2) is 115 Å². The van der Waals surface area contributed by atoms with E-state index in [0.717, 1.165) is 0 Å². The molecule has 0 spiro atoms. The molecule has 0 amide bonds. The molecule has 0 aliphatic carbocycles. The molecular formula is C25H23Cl2HfSi. The van der Waals surface area contributed by atoms with Crippen molar-refractivity contribution in [1.82, 2.24) is 0 Å². The zero-order valence-electron chi connectivity index (χ0n) is 16.0. The van der Waals surface area contributed by atoms with Crippen molar-refractivity contribution in [3.63, 3.8) is 0 Å². The summed E-state index contributed by atoms with van der Waals surface area (Å²) in [5, 5.41) is 5.32. The third kappa shape index (κ3) is 8.44. The zero-order chi connectivity index (χ0) is 18.7. The van der Waals surface area contributed by atoms with Gasteiger partial charge in [-0.15, -0.1) is 84.1 Å². The molecule has 0 N–H and O–H groups in total. The Morgan fingerprint density at radius 3 is 1.48 bits per heavy atom. The molecule has 5 rings (SSSR count). The molecule has 0 atom stereocenters. The Morgan fingerprint density at radius 2 is 1.03 bits per heavy atom. The van der Waals surface area contributed by atoms with Gasteiger partial charge in [-0.1, -0.05) is 12.1 Å². The number of halogens is 2. The molecule has 4 heteroatoms. The molecule has 0 aliphatic heterocycles. The molecule has 1 radical (unpaired) electrons. The third-order valence-electron chi connectivity index (χ3n) is 4.23. The maximum atomic E-state index is 2.20. The summed E-state index contributed by atoms with van der Waals surface area (Å²) in [5.74, 6) is 0. The van der Waals surface area contributed by atoms with Gasteiger partial charge in [-0.25, -0.2) is 0 Å². The van der Waals surface area contributed by atoms with Crippen molar-refractivity contribution in [1.29, 1.82) is 0 Å². The molecule has 0 aliphatic rings. The number of hydrogen-bond donors (Lipinski definition) is 0. The number of benzene rings is 3. The maximum Gasteiger partial charge on any atom is -0.0809 e. The summed E-state index contributed by atoms with van der Waals surface area (Å²) in [6.45, 7) is 0. The second-order valence-electron chi connectivity index (χ2n) is 6.15. The molecule has 29 heavy (non-hydrogen) atoms. The Hall–Kier alpha value is -1.45. The van der Waals surface area contributed by atoms with Crippen molar-refractivity contribution in [2.24, 2.45) is 0 Å². The average Bonchev–Trinajstić information content (AvgIpc) is 3.39. The van der Waals surface area contributed by atoms with E-state index in [0.29, 0.717) is 0 Å². The topological polar surface area (TPSA) is 0 Å². The summed E-state index contributed by atoms with van der Waals surface area (Å²) in [4.78, 5) is 0. The second-order valence-corrected chi connectivity index (χ2v) is 10.7. The van der Waals surface area contributed by atoms with Crippen LogP contribution in [0.3, 0.4) is 0 Å². The fourth-order valence-electron chi connectivity index (χ4n) is 2.84. The van der Waals surface area contributed by atoms with Crippen molar-refractivity contribution < 1.29 is 23.0 Å². The molecule has 0 saturated heterocycles. The van der Waals surface area contributed by atoms with Crippen molar-refractivity contribution in [2.45, 2.75) is 6.04 Å². The van der Waals surface area contributed by atoms with Crippen LogP contribution in [0.1, 0.15) is 5.56 Å². The van der Waals surface area contributed by atoms with Crippen molar-refractivity contribution in [3.05, 3.63) is 121 Å². The molecule has 0 bridgehead atoms. The van der Waals surface area contributed by atoms with Crippen molar-refractivity contribution >= 4 is 52.6 Å². The molecule has 5 aromatic rings. The van der Waals surface area contributed by atoms with Crippen LogP contribution in [0.4, 0.5) is 0 Å². The smallest absolute Gasteiger partial charge is 0.0809 e. The van der Waals surface area contributed by atoms with Gasteiger partial charge >= 0.3 is 71.2 Å². The molecule has 0 unspecified atom stereocenters. The van der Waals surface area contributed by atoms with E-state index in [1.165, 1.54) is 62.4 Å². The van der Waals surface area contributed by atoms with Gasteiger partial charge in [0.25, 0.3) is 0 Å². The summed E-state index contributed by atoms with van der Waals surface area (Å²) >= 11 is 1.35. The molecule has 0 fully saturated rings. The van der Waals surface area contributed by atoms with E-state index in [9.17, 15) is 0 Å². The molecule has 5 aromatic carbocycles. The SMILES string of the molecule is Cl.Cl.[Hf+2]=[Si]Cc1ccccc1.c1ccc2[cH-]ccc2c1.c1ccc2[cH-]ccc2c1. The van der Waals surface area contributed by atoms with Gasteiger partial charge in [0.05, 0.1) is 0 Å². The predicted molar refractivity (Wildman–Crippen MR) is 129 cm³/mol. The summed E-state index contributed by atoms with van der Waals surface area (Å²) in [6, 6.07) is 41.3. The summed E-state index contributed by atoms with van der Waals surface area (Å²) < 4.78 is 0. The zero-order valence-corrected chi connectivity index (χ0v) is 22.2. The van der Waals surface area contributed by atoms with Crippen LogP contribution in [-0.2, 0) is 29.0 Å². The van der Waals surface area contributed by atoms with E-state index in [-0.39, 0.29) is 24.8 Å². The van der Waals surface area contributed by atoms with Crippen LogP contribution in [0.5, 0.6) is 0 Å². The standard InChI is InChI=1S/2C9H7.C7H7Si.2ClH.Hf/c2*1-2-5-9-7-3-6-8(9)4-1;8-6-7-4-2-1-3-5-7;;;/h2*1-7H;1-5H,6H2;2*1H;/q2*-1;;;;+2. The summed E-state index contributed by atoms with van der Waals surface area (Å²) in [5.41, 5.74) is 1.49. The van der Waals surface area contributed by atoms with Gasteiger partial charge in [-0.2, -0.15) is 35.0 Å². The van der Waals surface area contributed by atoms with E-state index in [1.807, 2.05) is 0 Å². The second kappa shape index (κ2) is 14.5. The predicted octanol–water partition coefficient (Wildman–Crippen LogP) is 7.31. The van der Waals surface area contributed by atoms with E-state index < -0.39 is 0 Å². The van der Waals surface area contributed by atoms with Crippen LogP contribution in [-0.4, -0.2) is 6.22 Å². The van der Waals surface area contributed by atoms with E-state index in [2.05, 4.69) is 115 Å².